The quantitative estimate of drug-likeness (QED) is 0.642. The van der Waals surface area contributed by atoms with Crippen LogP contribution in [0.5, 0.6) is 0 Å². The highest BCUT2D eigenvalue weighted by Gasteiger charge is 2.38. The number of ether oxygens (including phenoxy) is 1. The molecule has 4 rings (SSSR count). The first-order chi connectivity index (χ1) is 13.2. The van der Waals surface area contributed by atoms with Crippen molar-refractivity contribution in [1.29, 1.82) is 0 Å². The minimum Gasteiger partial charge on any atom is -0.376 e. The number of hydrogen-bond acceptors (Lipinski definition) is 2. The first kappa shape index (κ1) is 18.3. The fraction of sp³-hybridized carbons (Fsp3) is 0.417. The Labute approximate surface area is 162 Å². The maximum absolute atomic E-state index is 6.14. The van der Waals surface area contributed by atoms with Crippen LogP contribution in [0.25, 0.3) is 10.9 Å². The second-order valence-electron chi connectivity index (χ2n) is 8.11. The number of hydrogen-bond donors (Lipinski definition) is 1. The second kappa shape index (κ2) is 7.87. The predicted molar refractivity (Wildman–Crippen MR) is 112 cm³/mol. The molecule has 3 heteroatoms. The molecule has 3 aromatic rings. The molecule has 0 spiro atoms. The van der Waals surface area contributed by atoms with Crippen LogP contribution in [0, 0.1) is 5.92 Å². The van der Waals surface area contributed by atoms with Crippen molar-refractivity contribution in [3.63, 3.8) is 0 Å². The first-order valence-corrected chi connectivity index (χ1v) is 10.0. The van der Waals surface area contributed by atoms with Gasteiger partial charge in [0.1, 0.15) is 0 Å². The van der Waals surface area contributed by atoms with E-state index in [1.54, 1.807) is 0 Å². The predicted octanol–water partition coefficient (Wildman–Crippen LogP) is 5.33. The number of aromatic amines is 1. The third kappa shape index (κ3) is 3.67. The van der Waals surface area contributed by atoms with Gasteiger partial charge < -0.3 is 9.72 Å². The van der Waals surface area contributed by atoms with E-state index in [1.165, 1.54) is 47.7 Å². The standard InChI is InChI=1S/C24H30N2O/c1-26(2)24(21-8-4-3-5-9-21)14-11-19(12-15-24)17-27-18-20-7-6-10-23-22(20)13-16-25-23/h3-10,13,16,19,25H,11-12,14-15,17-18H2,1-2H3. The lowest BCUT2D eigenvalue weighted by atomic mass is 9.72. The van der Waals surface area contributed by atoms with Crippen molar-refractivity contribution in [1.82, 2.24) is 9.88 Å². The van der Waals surface area contributed by atoms with E-state index in [9.17, 15) is 0 Å². The molecule has 142 valence electrons. The summed E-state index contributed by atoms with van der Waals surface area (Å²) < 4.78 is 6.14. The molecule has 0 atom stereocenters. The zero-order valence-corrected chi connectivity index (χ0v) is 16.4. The zero-order chi connectivity index (χ0) is 18.7. The highest BCUT2D eigenvalue weighted by atomic mass is 16.5. The number of aromatic nitrogens is 1. The molecule has 3 nitrogen and oxygen atoms in total. The van der Waals surface area contributed by atoms with Crippen LogP contribution in [0.4, 0.5) is 0 Å². The summed E-state index contributed by atoms with van der Waals surface area (Å²) in [6.07, 6.45) is 6.85. The molecule has 1 N–H and O–H groups in total. The number of nitrogens with one attached hydrogen (secondary N) is 1. The van der Waals surface area contributed by atoms with Gasteiger partial charge in [-0.15, -0.1) is 0 Å². The van der Waals surface area contributed by atoms with E-state index in [1.807, 2.05) is 6.20 Å². The zero-order valence-electron chi connectivity index (χ0n) is 16.4. The fourth-order valence-electron chi connectivity index (χ4n) is 4.68. The van der Waals surface area contributed by atoms with Crippen LogP contribution in [0.15, 0.2) is 60.8 Å². The Balaban J connectivity index is 1.35. The summed E-state index contributed by atoms with van der Waals surface area (Å²) in [4.78, 5) is 5.70. The van der Waals surface area contributed by atoms with Gasteiger partial charge in [-0.05, 0) is 69.0 Å². The minimum atomic E-state index is 0.175. The van der Waals surface area contributed by atoms with Gasteiger partial charge in [0, 0.05) is 29.2 Å². The Kier molecular flexibility index (Phi) is 5.33. The van der Waals surface area contributed by atoms with Crippen molar-refractivity contribution in [3.05, 3.63) is 71.9 Å². The SMILES string of the molecule is CN(C)C1(c2ccccc2)CCC(COCc2cccc3[nH]ccc23)CC1. The Bertz CT molecular complexity index is 860. The molecule has 0 unspecified atom stereocenters. The van der Waals surface area contributed by atoms with Gasteiger partial charge in [0.05, 0.1) is 6.61 Å². The number of H-pyrrole nitrogens is 1. The molecule has 1 heterocycles. The van der Waals surface area contributed by atoms with Crippen molar-refractivity contribution in [2.24, 2.45) is 5.92 Å². The molecule has 1 saturated carbocycles. The van der Waals surface area contributed by atoms with Crippen LogP contribution in [0.1, 0.15) is 36.8 Å². The molecular formula is C24H30N2O. The summed E-state index contributed by atoms with van der Waals surface area (Å²) in [5.41, 5.74) is 4.09. The van der Waals surface area contributed by atoms with Crippen LogP contribution < -0.4 is 0 Å². The van der Waals surface area contributed by atoms with E-state index in [2.05, 4.69) is 78.6 Å². The van der Waals surface area contributed by atoms with Crippen LogP contribution in [-0.2, 0) is 16.9 Å². The Morgan fingerprint density at radius 3 is 2.52 bits per heavy atom. The summed E-state index contributed by atoms with van der Waals surface area (Å²) in [5.74, 6) is 0.659. The van der Waals surface area contributed by atoms with Gasteiger partial charge in [-0.25, -0.2) is 0 Å². The summed E-state index contributed by atoms with van der Waals surface area (Å²) in [6.45, 7) is 1.56. The smallest absolute Gasteiger partial charge is 0.0723 e. The molecule has 0 saturated heterocycles. The number of rotatable bonds is 6. The monoisotopic (exact) mass is 362 g/mol. The lowest BCUT2D eigenvalue weighted by Gasteiger charge is -2.45. The summed E-state index contributed by atoms with van der Waals surface area (Å²) in [6, 6.07) is 19.5. The van der Waals surface area contributed by atoms with E-state index in [0.29, 0.717) is 12.5 Å². The summed E-state index contributed by atoms with van der Waals surface area (Å²) >= 11 is 0. The maximum atomic E-state index is 6.14. The van der Waals surface area contributed by atoms with Crippen molar-refractivity contribution < 1.29 is 4.74 Å². The van der Waals surface area contributed by atoms with Gasteiger partial charge in [-0.3, -0.25) is 4.90 Å². The van der Waals surface area contributed by atoms with Crippen molar-refractivity contribution in [2.75, 3.05) is 20.7 Å². The third-order valence-electron chi connectivity index (χ3n) is 6.40. The van der Waals surface area contributed by atoms with E-state index >= 15 is 0 Å². The lowest BCUT2D eigenvalue weighted by molar-refractivity contribution is 0.0290. The Morgan fingerprint density at radius 1 is 1.00 bits per heavy atom. The maximum Gasteiger partial charge on any atom is 0.0723 e. The molecule has 0 radical (unpaired) electrons. The van der Waals surface area contributed by atoms with Gasteiger partial charge in [0.15, 0.2) is 0 Å². The largest absolute Gasteiger partial charge is 0.376 e. The minimum absolute atomic E-state index is 0.175. The van der Waals surface area contributed by atoms with Crippen LogP contribution in [-0.4, -0.2) is 30.6 Å². The number of nitrogens with zero attached hydrogens (tertiary/aromatic N) is 1. The summed E-state index contributed by atoms with van der Waals surface area (Å²) in [5, 5.41) is 1.27. The van der Waals surface area contributed by atoms with Crippen LogP contribution in [0.3, 0.4) is 0 Å². The number of fused-ring (bicyclic) bond motifs is 1. The van der Waals surface area contributed by atoms with E-state index < -0.39 is 0 Å². The molecule has 27 heavy (non-hydrogen) atoms. The highest BCUT2D eigenvalue weighted by molar-refractivity contribution is 5.82. The van der Waals surface area contributed by atoms with E-state index in [-0.39, 0.29) is 5.54 Å². The Hall–Kier alpha value is -2.10. The summed E-state index contributed by atoms with van der Waals surface area (Å²) in [7, 11) is 4.45. The van der Waals surface area contributed by atoms with Crippen LogP contribution in [0.2, 0.25) is 0 Å². The van der Waals surface area contributed by atoms with Gasteiger partial charge in [-0.1, -0.05) is 42.5 Å². The average molecular weight is 363 g/mol. The van der Waals surface area contributed by atoms with Crippen molar-refractivity contribution in [3.8, 4) is 0 Å². The van der Waals surface area contributed by atoms with Crippen molar-refractivity contribution in [2.45, 2.75) is 37.8 Å². The normalized spacial score (nSPS) is 23.1. The molecule has 1 aliphatic carbocycles. The molecule has 0 amide bonds. The highest BCUT2D eigenvalue weighted by Crippen LogP contribution is 2.43. The third-order valence-corrected chi connectivity index (χ3v) is 6.40. The van der Waals surface area contributed by atoms with Gasteiger partial charge in [0.2, 0.25) is 0 Å². The van der Waals surface area contributed by atoms with Crippen molar-refractivity contribution >= 4 is 10.9 Å². The van der Waals surface area contributed by atoms with Crippen LogP contribution >= 0.6 is 0 Å². The lowest BCUT2D eigenvalue weighted by Crippen LogP contribution is -2.44. The van der Waals surface area contributed by atoms with Gasteiger partial charge in [-0.2, -0.15) is 0 Å². The molecule has 1 aliphatic rings. The Morgan fingerprint density at radius 2 is 1.78 bits per heavy atom. The van der Waals surface area contributed by atoms with E-state index in [4.69, 9.17) is 4.74 Å². The fourth-order valence-corrected chi connectivity index (χ4v) is 4.68. The molecule has 0 bridgehead atoms. The molecule has 1 aromatic heterocycles. The molecular weight excluding hydrogens is 332 g/mol. The van der Waals surface area contributed by atoms with Gasteiger partial charge in [0.25, 0.3) is 0 Å². The molecule has 2 aromatic carbocycles. The molecule has 0 aliphatic heterocycles. The number of benzene rings is 2. The first-order valence-electron chi connectivity index (χ1n) is 10.0. The average Bonchev–Trinajstić information content (AvgIpc) is 3.19. The van der Waals surface area contributed by atoms with E-state index in [0.717, 1.165) is 6.61 Å². The molecule has 1 fully saturated rings. The van der Waals surface area contributed by atoms with Gasteiger partial charge >= 0.3 is 0 Å². The topological polar surface area (TPSA) is 28.3 Å². The second-order valence-corrected chi connectivity index (χ2v) is 8.11.